The maximum atomic E-state index is 13.5. The van der Waals surface area contributed by atoms with Gasteiger partial charge in [0, 0.05) is 6.20 Å². The van der Waals surface area contributed by atoms with Crippen molar-refractivity contribution in [1.29, 1.82) is 0 Å². The first-order valence-corrected chi connectivity index (χ1v) is 10.7. The van der Waals surface area contributed by atoms with Crippen molar-refractivity contribution in [3.05, 3.63) is 46.9 Å². The predicted octanol–water partition coefficient (Wildman–Crippen LogP) is 4.88. The van der Waals surface area contributed by atoms with E-state index in [9.17, 15) is 18.0 Å². The van der Waals surface area contributed by atoms with E-state index < -0.39 is 18.1 Å². The zero-order chi connectivity index (χ0) is 23.3. The molecule has 1 atom stereocenters. The summed E-state index contributed by atoms with van der Waals surface area (Å²) in [6, 6.07) is 1.49. The number of halogens is 4. The molecule has 0 spiro atoms. The fourth-order valence-corrected chi connectivity index (χ4v) is 3.32. The Labute approximate surface area is 188 Å². The third-order valence-electron chi connectivity index (χ3n) is 4.21. The van der Waals surface area contributed by atoms with Crippen molar-refractivity contribution in [2.24, 2.45) is 9.98 Å². The highest BCUT2D eigenvalue weighted by atomic mass is 35.5. The number of pyridine rings is 1. The number of amidine groups is 2. The average molecular weight is 474 g/mol. The second-order valence-corrected chi connectivity index (χ2v) is 8.53. The molecule has 2 heterocycles. The number of amides is 1. The number of aromatic nitrogens is 1. The summed E-state index contributed by atoms with van der Waals surface area (Å²) in [4.78, 5) is 25.9. The van der Waals surface area contributed by atoms with Gasteiger partial charge in [-0.3, -0.25) is 14.7 Å². The molecule has 0 radical (unpaired) electrons. The lowest BCUT2D eigenvalue weighted by atomic mass is 10.1. The van der Waals surface area contributed by atoms with E-state index in [0.29, 0.717) is 16.0 Å². The number of hydrogen-bond donors (Lipinski definition) is 1. The van der Waals surface area contributed by atoms with E-state index >= 15 is 0 Å². The van der Waals surface area contributed by atoms with E-state index in [1.165, 1.54) is 0 Å². The zero-order valence-electron chi connectivity index (χ0n) is 17.5. The Bertz CT molecular complexity index is 937. The molecule has 1 aliphatic rings. The molecule has 1 N–H and O–H groups in total. The van der Waals surface area contributed by atoms with Crippen LogP contribution in [0, 0.1) is 0 Å². The van der Waals surface area contributed by atoms with Crippen molar-refractivity contribution in [3.63, 3.8) is 0 Å². The first kappa shape index (κ1) is 24.9. The fourth-order valence-electron chi connectivity index (χ4n) is 2.65. The highest BCUT2D eigenvalue weighted by molar-refractivity contribution is 7.99. The van der Waals surface area contributed by atoms with Crippen LogP contribution in [0.15, 0.2) is 56.3 Å². The van der Waals surface area contributed by atoms with Gasteiger partial charge < -0.3 is 5.32 Å². The number of piperazine rings is 1. The molecule has 1 aromatic rings. The number of aliphatic imine (C=N–C) groups is 2. The van der Waals surface area contributed by atoms with Gasteiger partial charge in [0.25, 0.3) is 5.91 Å². The summed E-state index contributed by atoms with van der Waals surface area (Å²) in [6.45, 7) is 9.71. The lowest BCUT2D eigenvalue weighted by Gasteiger charge is -2.37. The smallest absolute Gasteiger partial charge is 0.333 e. The molecule has 1 aromatic heterocycles. The van der Waals surface area contributed by atoms with E-state index in [1.54, 1.807) is 31.8 Å². The first-order chi connectivity index (χ1) is 14.5. The minimum Gasteiger partial charge on any atom is -0.333 e. The lowest BCUT2D eigenvalue weighted by Crippen LogP contribution is -2.60. The first-order valence-electron chi connectivity index (χ1n) is 9.36. The van der Waals surface area contributed by atoms with Gasteiger partial charge in [0.2, 0.25) is 0 Å². The summed E-state index contributed by atoms with van der Waals surface area (Å²) in [7, 11) is 0. The number of carbonyl (C=O) groups excluding carboxylic acids is 1. The van der Waals surface area contributed by atoms with Crippen LogP contribution in [0.5, 0.6) is 0 Å². The van der Waals surface area contributed by atoms with Crippen LogP contribution in [0.1, 0.15) is 33.3 Å². The molecule has 168 valence electrons. The Morgan fingerprint density at radius 3 is 2.55 bits per heavy atom. The van der Waals surface area contributed by atoms with Gasteiger partial charge >= 0.3 is 6.18 Å². The van der Waals surface area contributed by atoms with E-state index in [-0.39, 0.29) is 29.1 Å². The lowest BCUT2D eigenvalue weighted by molar-refractivity contribution is -0.173. The van der Waals surface area contributed by atoms with Crippen LogP contribution in [-0.4, -0.2) is 45.4 Å². The largest absolute Gasteiger partial charge is 0.409 e. The summed E-state index contributed by atoms with van der Waals surface area (Å²) in [6.07, 6.45) is -3.06. The number of hydrogen-bond acceptors (Lipinski definition) is 5. The van der Waals surface area contributed by atoms with Gasteiger partial charge in [-0.15, -0.1) is 11.8 Å². The van der Waals surface area contributed by atoms with Crippen LogP contribution < -0.4 is 5.32 Å². The third-order valence-corrected chi connectivity index (χ3v) is 5.12. The Morgan fingerprint density at radius 1 is 1.39 bits per heavy atom. The number of nitrogens with zero attached hydrogens (tertiary/aromatic N) is 4. The minimum atomic E-state index is -4.68. The quantitative estimate of drug-likeness (QED) is 0.472. The number of alkyl halides is 3. The van der Waals surface area contributed by atoms with Crippen LogP contribution in [-0.2, 0) is 11.3 Å². The van der Waals surface area contributed by atoms with Crippen LogP contribution in [0.2, 0.25) is 0 Å². The van der Waals surface area contributed by atoms with Crippen LogP contribution in [0.4, 0.5) is 13.2 Å². The molecular weight excluding hydrogens is 451 g/mol. The monoisotopic (exact) mass is 473 g/mol. The molecule has 11 heteroatoms. The van der Waals surface area contributed by atoms with Crippen molar-refractivity contribution in [2.45, 2.75) is 51.5 Å². The average Bonchev–Trinajstić information content (AvgIpc) is 2.67. The summed E-state index contributed by atoms with van der Waals surface area (Å²) in [5, 5.41) is 3.41. The molecule has 0 aliphatic carbocycles. The number of thioether (sulfide) groups is 1. The van der Waals surface area contributed by atoms with E-state index in [0.717, 1.165) is 17.7 Å². The molecule has 6 nitrogen and oxygen atoms in total. The maximum absolute atomic E-state index is 13.5. The molecule has 31 heavy (non-hydrogen) atoms. The zero-order valence-corrected chi connectivity index (χ0v) is 19.1. The van der Waals surface area contributed by atoms with Crippen LogP contribution in [0.3, 0.4) is 0 Å². The van der Waals surface area contributed by atoms with Gasteiger partial charge in [-0.1, -0.05) is 31.2 Å². The number of allylic oxidation sites excluding steroid dienone is 1. The molecule has 1 fully saturated rings. The molecule has 1 amide bonds. The molecule has 1 aliphatic heterocycles. The number of carbonyl (C=O) groups is 1. The third kappa shape index (κ3) is 6.33. The molecule has 0 bridgehead atoms. The van der Waals surface area contributed by atoms with Crippen LogP contribution in [0.25, 0.3) is 0 Å². The normalized spacial score (nSPS) is 18.4. The fraction of sp³-hybridized carbons (Fsp3) is 0.400. The number of rotatable bonds is 6. The standard InChI is InChI=1S/C20H23ClF3N5OS/c1-6-31-15-8-7-14(9-25-15)10-26-17-19(30)29(12(4)20(22,23)24)18(27-13(5)21)16(28-17)11(2)3/h7-9,12H,5-6,10H2,1-4H3,(H,26,28)/t12-/m0/s1. The Balaban J connectivity index is 2.46. The molecular formula is C20H23ClF3N5OS. The molecule has 0 saturated carbocycles. The summed E-state index contributed by atoms with van der Waals surface area (Å²) >= 11 is 7.32. The van der Waals surface area contributed by atoms with Crippen LogP contribution >= 0.6 is 23.4 Å². The summed E-state index contributed by atoms with van der Waals surface area (Å²) in [5.74, 6) is -0.558. The maximum Gasteiger partial charge on any atom is 0.409 e. The SMILES string of the molecule is C=C(Cl)N=C1C(=C(C)C)NC(=NCc2ccc(SCC)nc2)C(=O)N1[C@@H](C)C(F)(F)F. The summed E-state index contributed by atoms with van der Waals surface area (Å²) in [5.41, 5.74) is 1.52. The van der Waals surface area contributed by atoms with Gasteiger partial charge in [0.05, 0.1) is 17.3 Å². The van der Waals surface area contributed by atoms with Crippen molar-refractivity contribution in [2.75, 3.05) is 5.75 Å². The summed E-state index contributed by atoms with van der Waals surface area (Å²) < 4.78 is 40.6. The second kappa shape index (κ2) is 10.3. The molecule has 0 aromatic carbocycles. The minimum absolute atomic E-state index is 0.0666. The van der Waals surface area contributed by atoms with E-state index in [1.807, 2.05) is 19.1 Å². The molecule has 2 rings (SSSR count). The molecule has 1 saturated heterocycles. The van der Waals surface area contributed by atoms with E-state index in [2.05, 4.69) is 26.9 Å². The van der Waals surface area contributed by atoms with Gasteiger partial charge in [0.1, 0.15) is 11.2 Å². The van der Waals surface area contributed by atoms with Crippen molar-refractivity contribution in [1.82, 2.24) is 15.2 Å². The van der Waals surface area contributed by atoms with Gasteiger partial charge in [-0.05, 0) is 43.7 Å². The molecule has 0 unspecified atom stereocenters. The second-order valence-electron chi connectivity index (χ2n) is 6.81. The highest BCUT2D eigenvalue weighted by Gasteiger charge is 2.48. The Morgan fingerprint density at radius 2 is 2.06 bits per heavy atom. The number of nitrogens with one attached hydrogen (secondary N) is 1. The predicted molar refractivity (Wildman–Crippen MR) is 118 cm³/mol. The highest BCUT2D eigenvalue weighted by Crippen LogP contribution is 2.29. The Kier molecular flexibility index (Phi) is 8.30. The van der Waals surface area contributed by atoms with Crippen molar-refractivity contribution >= 4 is 40.9 Å². The van der Waals surface area contributed by atoms with E-state index in [4.69, 9.17) is 11.6 Å². The van der Waals surface area contributed by atoms with Crippen molar-refractivity contribution < 1.29 is 18.0 Å². The topological polar surface area (TPSA) is 70.0 Å². The van der Waals surface area contributed by atoms with Crippen molar-refractivity contribution in [3.8, 4) is 0 Å². The van der Waals surface area contributed by atoms with Gasteiger partial charge in [0.15, 0.2) is 11.7 Å². The van der Waals surface area contributed by atoms with Gasteiger partial charge in [-0.2, -0.15) is 13.2 Å². The van der Waals surface area contributed by atoms with Gasteiger partial charge in [-0.25, -0.2) is 9.98 Å². The Hall–Kier alpha value is -2.33.